The number of hydrogen-bond acceptors (Lipinski definition) is 4. The summed E-state index contributed by atoms with van der Waals surface area (Å²) in [4.78, 5) is 23.4. The van der Waals surface area contributed by atoms with Crippen molar-refractivity contribution in [1.82, 2.24) is 4.31 Å². The van der Waals surface area contributed by atoms with Gasteiger partial charge in [-0.1, -0.05) is 31.9 Å². The van der Waals surface area contributed by atoms with Crippen LogP contribution < -0.4 is 10.6 Å². The number of likely N-dealkylation sites (N-methyl/N-ethyl adjacent to an activating group) is 1. The van der Waals surface area contributed by atoms with Gasteiger partial charge in [0.2, 0.25) is 21.8 Å². The van der Waals surface area contributed by atoms with Gasteiger partial charge in [0.1, 0.15) is 0 Å². The zero-order valence-electron chi connectivity index (χ0n) is 17.6. The molecule has 2 rings (SSSR count). The van der Waals surface area contributed by atoms with Crippen LogP contribution in [0.25, 0.3) is 0 Å². The molecule has 0 saturated heterocycles. The lowest BCUT2D eigenvalue weighted by molar-refractivity contribution is -0.116. The largest absolute Gasteiger partial charge is 0.326 e. The Hall–Kier alpha value is -2.71. The van der Waals surface area contributed by atoms with E-state index in [0.717, 1.165) is 17.1 Å². The Morgan fingerprint density at radius 3 is 2.03 bits per heavy atom. The summed E-state index contributed by atoms with van der Waals surface area (Å²) >= 11 is 0. The lowest BCUT2D eigenvalue weighted by Gasteiger charge is -2.17. The molecule has 0 unspecified atom stereocenters. The maximum absolute atomic E-state index is 12.7. The molecule has 0 radical (unpaired) electrons. The number of carbonyl (C=O) groups is 2. The Morgan fingerprint density at radius 2 is 1.47 bits per heavy atom. The number of rotatable bonds is 10. The highest BCUT2D eigenvalue weighted by molar-refractivity contribution is 7.89. The Kier molecular flexibility index (Phi) is 8.56. The van der Waals surface area contributed by atoms with E-state index >= 15 is 0 Å². The highest BCUT2D eigenvalue weighted by atomic mass is 32.2. The highest BCUT2D eigenvalue weighted by Crippen LogP contribution is 2.18. The van der Waals surface area contributed by atoms with Gasteiger partial charge in [-0.3, -0.25) is 9.59 Å². The van der Waals surface area contributed by atoms with Crippen molar-refractivity contribution in [3.63, 3.8) is 0 Å². The molecule has 162 valence electrons. The molecule has 2 aromatic carbocycles. The fourth-order valence-corrected chi connectivity index (χ4v) is 4.04. The van der Waals surface area contributed by atoms with Crippen molar-refractivity contribution in [3.05, 3.63) is 54.1 Å². The normalized spacial score (nSPS) is 11.3. The van der Waals surface area contributed by atoms with Gasteiger partial charge in [-0.05, 0) is 54.8 Å². The van der Waals surface area contributed by atoms with Crippen LogP contribution in [0.1, 0.15) is 38.7 Å². The molecule has 0 heterocycles. The molecule has 0 spiro atoms. The fraction of sp³-hybridized carbons (Fsp3) is 0.364. The third-order valence-corrected chi connectivity index (χ3v) is 6.37. The molecule has 0 fully saturated rings. The van der Waals surface area contributed by atoms with Crippen LogP contribution >= 0.6 is 0 Å². The van der Waals surface area contributed by atoms with Crippen LogP contribution in [0, 0.1) is 0 Å². The highest BCUT2D eigenvalue weighted by Gasteiger charge is 2.23. The van der Waals surface area contributed by atoms with Crippen LogP contribution in [0.5, 0.6) is 0 Å². The second-order valence-electron chi connectivity index (χ2n) is 7.17. The van der Waals surface area contributed by atoms with E-state index in [1.165, 1.54) is 56.6 Å². The number of hydrogen-bond donors (Lipinski definition) is 2. The molecule has 0 bridgehead atoms. The smallest absolute Gasteiger partial charge is 0.243 e. The van der Waals surface area contributed by atoms with Gasteiger partial charge >= 0.3 is 0 Å². The molecule has 0 aliphatic rings. The van der Waals surface area contributed by atoms with Gasteiger partial charge < -0.3 is 10.6 Å². The monoisotopic (exact) mass is 431 g/mol. The Morgan fingerprint density at radius 1 is 0.900 bits per heavy atom. The maximum atomic E-state index is 12.7. The molecular weight excluding hydrogens is 402 g/mol. The number of benzene rings is 2. The Balaban J connectivity index is 1.94. The predicted molar refractivity (Wildman–Crippen MR) is 119 cm³/mol. The van der Waals surface area contributed by atoms with Gasteiger partial charge in [0.15, 0.2) is 0 Å². The summed E-state index contributed by atoms with van der Waals surface area (Å²) in [6.45, 7) is 3.22. The number of anilines is 2. The molecule has 2 amide bonds. The van der Waals surface area contributed by atoms with Crippen molar-refractivity contribution in [3.8, 4) is 0 Å². The standard InChI is InChI=1S/C22H29N3O4S/c1-4-5-6-7-18-8-10-20(11-9-18)24-22(27)16-25(3)30(28,29)21-14-12-19(13-15-21)23-17(2)26/h8-15H,4-7,16H2,1-3H3,(H,23,26)(H,24,27). The van der Waals surface area contributed by atoms with Crippen molar-refractivity contribution in [2.75, 3.05) is 24.2 Å². The van der Waals surface area contributed by atoms with Crippen LogP contribution in [-0.2, 0) is 26.0 Å². The zero-order chi connectivity index (χ0) is 22.1. The SMILES string of the molecule is CCCCCc1ccc(NC(=O)CN(C)S(=O)(=O)c2ccc(NC(C)=O)cc2)cc1. The molecule has 0 aliphatic heterocycles. The first-order valence-electron chi connectivity index (χ1n) is 9.95. The molecule has 7 nitrogen and oxygen atoms in total. The van der Waals surface area contributed by atoms with Crippen LogP contribution in [0.4, 0.5) is 11.4 Å². The van der Waals surface area contributed by atoms with E-state index in [2.05, 4.69) is 17.6 Å². The molecule has 0 aliphatic carbocycles. The predicted octanol–water partition coefficient (Wildman–Crippen LogP) is 3.64. The van der Waals surface area contributed by atoms with E-state index in [1.54, 1.807) is 0 Å². The number of nitrogens with one attached hydrogen (secondary N) is 2. The summed E-state index contributed by atoms with van der Waals surface area (Å²) in [6.07, 6.45) is 4.50. The van der Waals surface area contributed by atoms with Gasteiger partial charge in [0.25, 0.3) is 0 Å². The summed E-state index contributed by atoms with van der Waals surface area (Å²) in [5, 5.41) is 5.31. The quantitative estimate of drug-likeness (QED) is 0.562. The van der Waals surface area contributed by atoms with Gasteiger partial charge in [-0.2, -0.15) is 4.31 Å². The average molecular weight is 432 g/mol. The van der Waals surface area contributed by atoms with Crippen molar-refractivity contribution in [2.24, 2.45) is 0 Å². The van der Waals surface area contributed by atoms with E-state index in [4.69, 9.17) is 0 Å². The Bertz CT molecular complexity index is 955. The van der Waals surface area contributed by atoms with Gasteiger partial charge in [0, 0.05) is 25.3 Å². The molecule has 0 aromatic heterocycles. The van der Waals surface area contributed by atoms with E-state index in [9.17, 15) is 18.0 Å². The minimum absolute atomic E-state index is 0.0448. The number of amides is 2. The molecule has 2 N–H and O–H groups in total. The summed E-state index contributed by atoms with van der Waals surface area (Å²) < 4.78 is 26.4. The summed E-state index contributed by atoms with van der Waals surface area (Å²) in [5.74, 6) is -0.664. The number of sulfonamides is 1. The first-order chi connectivity index (χ1) is 14.2. The van der Waals surface area contributed by atoms with Crippen molar-refractivity contribution < 1.29 is 18.0 Å². The fourth-order valence-electron chi connectivity index (χ4n) is 2.92. The maximum Gasteiger partial charge on any atom is 0.243 e. The first kappa shape index (κ1) is 23.6. The third-order valence-electron chi connectivity index (χ3n) is 4.56. The molecule has 0 atom stereocenters. The second kappa shape index (κ2) is 10.9. The lowest BCUT2D eigenvalue weighted by atomic mass is 10.1. The van der Waals surface area contributed by atoms with Gasteiger partial charge in [-0.15, -0.1) is 0 Å². The molecule has 8 heteroatoms. The van der Waals surface area contributed by atoms with E-state index < -0.39 is 15.9 Å². The summed E-state index contributed by atoms with van der Waals surface area (Å²) in [6, 6.07) is 13.4. The van der Waals surface area contributed by atoms with Crippen LogP contribution in [0.2, 0.25) is 0 Å². The van der Waals surface area contributed by atoms with Gasteiger partial charge in [0.05, 0.1) is 11.4 Å². The molecule has 30 heavy (non-hydrogen) atoms. The minimum atomic E-state index is -3.83. The number of nitrogens with zero attached hydrogens (tertiary/aromatic N) is 1. The zero-order valence-corrected chi connectivity index (χ0v) is 18.5. The van der Waals surface area contributed by atoms with Crippen LogP contribution in [0.15, 0.2) is 53.4 Å². The Labute approximate surface area is 178 Å². The van der Waals surface area contributed by atoms with Crippen molar-refractivity contribution in [2.45, 2.75) is 44.4 Å². The second-order valence-corrected chi connectivity index (χ2v) is 9.21. The molecule has 0 saturated carbocycles. The number of unbranched alkanes of at least 4 members (excludes halogenated alkanes) is 2. The van der Waals surface area contributed by atoms with Crippen molar-refractivity contribution >= 4 is 33.2 Å². The van der Waals surface area contributed by atoms with Crippen molar-refractivity contribution in [1.29, 1.82) is 0 Å². The first-order valence-corrected chi connectivity index (χ1v) is 11.4. The lowest BCUT2D eigenvalue weighted by Crippen LogP contribution is -2.34. The molecular formula is C22H29N3O4S. The van der Waals surface area contributed by atoms with Crippen LogP contribution in [-0.4, -0.2) is 38.1 Å². The average Bonchev–Trinajstić information content (AvgIpc) is 2.69. The third kappa shape index (κ3) is 6.96. The van der Waals surface area contributed by atoms with E-state index in [0.29, 0.717) is 11.4 Å². The van der Waals surface area contributed by atoms with Crippen LogP contribution in [0.3, 0.4) is 0 Å². The minimum Gasteiger partial charge on any atom is -0.326 e. The summed E-state index contributed by atoms with van der Waals surface area (Å²) in [5.41, 5.74) is 2.34. The topological polar surface area (TPSA) is 95.6 Å². The van der Waals surface area contributed by atoms with E-state index in [1.807, 2.05) is 24.3 Å². The molecule has 2 aromatic rings. The number of aryl methyl sites for hydroxylation is 1. The number of carbonyl (C=O) groups excluding carboxylic acids is 2. The van der Waals surface area contributed by atoms with Gasteiger partial charge in [-0.25, -0.2) is 8.42 Å². The summed E-state index contributed by atoms with van der Waals surface area (Å²) in [7, 11) is -2.48. The van der Waals surface area contributed by atoms with E-state index in [-0.39, 0.29) is 17.3 Å².